The van der Waals surface area contributed by atoms with E-state index < -0.39 is 11.7 Å². The molecule has 1 aromatic heterocycles. The minimum Gasteiger partial charge on any atom is -0.495 e. The van der Waals surface area contributed by atoms with Crippen LogP contribution in [0.2, 0.25) is 0 Å². The van der Waals surface area contributed by atoms with Gasteiger partial charge in [0.1, 0.15) is 17.4 Å². The average Bonchev–Trinajstić information content (AvgIpc) is 2.92. The molecule has 0 aliphatic rings. The number of aromatic nitrogens is 2. The van der Waals surface area contributed by atoms with Gasteiger partial charge in [-0.3, -0.25) is 5.32 Å². The summed E-state index contributed by atoms with van der Waals surface area (Å²) in [5.74, 6) is 1.51. The number of rotatable bonds is 5. The van der Waals surface area contributed by atoms with Crippen LogP contribution in [-0.4, -0.2) is 29.0 Å². The number of hydrogen-bond donors (Lipinski definition) is 2. The van der Waals surface area contributed by atoms with Crippen molar-refractivity contribution in [2.45, 2.75) is 46.3 Å². The fraction of sp³-hybridized carbons (Fsp3) is 0.471. The van der Waals surface area contributed by atoms with Crippen LogP contribution in [0.15, 0.2) is 22.6 Å². The number of benzene rings is 1. The number of carbonyl (C=O) groups is 1. The zero-order valence-electron chi connectivity index (χ0n) is 15.3. The molecule has 1 aromatic carbocycles. The molecule has 2 N–H and O–H groups in total. The van der Waals surface area contributed by atoms with Crippen LogP contribution in [0.3, 0.4) is 0 Å². The molecule has 0 aliphatic heterocycles. The van der Waals surface area contributed by atoms with Gasteiger partial charge in [-0.25, -0.2) is 4.79 Å². The Kier molecular flexibility index (Phi) is 5.51. The van der Waals surface area contributed by atoms with Crippen LogP contribution < -0.4 is 15.4 Å². The predicted octanol–water partition coefficient (Wildman–Crippen LogP) is 3.91. The molecule has 0 saturated heterocycles. The van der Waals surface area contributed by atoms with Crippen molar-refractivity contribution in [2.24, 2.45) is 0 Å². The van der Waals surface area contributed by atoms with Gasteiger partial charge in [0.2, 0.25) is 11.8 Å². The summed E-state index contributed by atoms with van der Waals surface area (Å²) in [6.45, 7) is 9.04. The van der Waals surface area contributed by atoms with Gasteiger partial charge in [-0.1, -0.05) is 0 Å². The SMILES string of the molecule is COc1ccc(NC(C)c2nnc(C)o2)cc1NC(=O)OC(C)(C)C. The van der Waals surface area contributed by atoms with Gasteiger partial charge in [-0.05, 0) is 45.9 Å². The van der Waals surface area contributed by atoms with Crippen LogP contribution in [0, 0.1) is 6.92 Å². The van der Waals surface area contributed by atoms with Crippen molar-refractivity contribution >= 4 is 17.5 Å². The molecule has 0 bridgehead atoms. The van der Waals surface area contributed by atoms with E-state index in [2.05, 4.69) is 20.8 Å². The Morgan fingerprint density at radius 2 is 2.00 bits per heavy atom. The molecule has 0 saturated carbocycles. The Balaban J connectivity index is 2.14. The van der Waals surface area contributed by atoms with Crippen molar-refractivity contribution in [3.05, 3.63) is 30.0 Å². The highest BCUT2D eigenvalue weighted by molar-refractivity contribution is 5.88. The van der Waals surface area contributed by atoms with Crippen LogP contribution in [0.5, 0.6) is 5.75 Å². The van der Waals surface area contributed by atoms with Gasteiger partial charge in [0.05, 0.1) is 12.8 Å². The molecule has 8 nitrogen and oxygen atoms in total. The highest BCUT2D eigenvalue weighted by atomic mass is 16.6. The number of methoxy groups -OCH3 is 1. The van der Waals surface area contributed by atoms with Crippen molar-refractivity contribution in [1.82, 2.24) is 10.2 Å². The third-order valence-corrected chi connectivity index (χ3v) is 3.13. The van der Waals surface area contributed by atoms with Gasteiger partial charge in [-0.2, -0.15) is 0 Å². The first kappa shape index (κ1) is 18.6. The van der Waals surface area contributed by atoms with Crippen molar-refractivity contribution < 1.29 is 18.7 Å². The molecule has 0 radical (unpaired) electrons. The molecule has 1 atom stereocenters. The lowest BCUT2D eigenvalue weighted by Crippen LogP contribution is -2.27. The van der Waals surface area contributed by atoms with E-state index in [0.717, 1.165) is 5.69 Å². The summed E-state index contributed by atoms with van der Waals surface area (Å²) in [6.07, 6.45) is -0.552. The van der Waals surface area contributed by atoms with Gasteiger partial charge < -0.3 is 19.2 Å². The summed E-state index contributed by atoms with van der Waals surface area (Å²) in [7, 11) is 1.53. The van der Waals surface area contributed by atoms with E-state index in [9.17, 15) is 4.79 Å². The largest absolute Gasteiger partial charge is 0.495 e. The normalized spacial score (nSPS) is 12.4. The fourth-order valence-electron chi connectivity index (χ4n) is 2.11. The monoisotopic (exact) mass is 348 g/mol. The smallest absolute Gasteiger partial charge is 0.412 e. The van der Waals surface area contributed by atoms with E-state index in [1.165, 1.54) is 7.11 Å². The van der Waals surface area contributed by atoms with E-state index in [0.29, 0.717) is 23.2 Å². The van der Waals surface area contributed by atoms with E-state index in [1.54, 1.807) is 39.8 Å². The van der Waals surface area contributed by atoms with Gasteiger partial charge in [0, 0.05) is 12.6 Å². The molecule has 1 amide bonds. The van der Waals surface area contributed by atoms with E-state index in [4.69, 9.17) is 13.9 Å². The second-order valence-electron chi connectivity index (χ2n) is 6.57. The fourth-order valence-corrected chi connectivity index (χ4v) is 2.11. The molecule has 1 heterocycles. The van der Waals surface area contributed by atoms with Crippen LogP contribution in [0.25, 0.3) is 0 Å². The summed E-state index contributed by atoms with van der Waals surface area (Å²) in [5.41, 5.74) is 0.670. The first-order valence-electron chi connectivity index (χ1n) is 7.92. The quantitative estimate of drug-likeness (QED) is 0.845. The van der Waals surface area contributed by atoms with Gasteiger partial charge in [0.15, 0.2) is 0 Å². The van der Waals surface area contributed by atoms with Gasteiger partial charge in [-0.15, -0.1) is 10.2 Å². The first-order valence-corrected chi connectivity index (χ1v) is 7.92. The van der Waals surface area contributed by atoms with E-state index in [1.807, 2.05) is 13.0 Å². The molecule has 8 heteroatoms. The lowest BCUT2D eigenvalue weighted by Gasteiger charge is -2.21. The van der Waals surface area contributed by atoms with Crippen molar-refractivity contribution in [2.75, 3.05) is 17.7 Å². The third-order valence-electron chi connectivity index (χ3n) is 3.13. The van der Waals surface area contributed by atoms with Crippen LogP contribution in [0.1, 0.15) is 45.5 Å². The number of aryl methyl sites for hydroxylation is 1. The summed E-state index contributed by atoms with van der Waals surface area (Å²) in [6, 6.07) is 5.14. The maximum absolute atomic E-state index is 12.0. The van der Waals surface area contributed by atoms with E-state index in [-0.39, 0.29) is 6.04 Å². The number of nitrogens with zero attached hydrogens (tertiary/aromatic N) is 2. The zero-order chi connectivity index (χ0) is 18.6. The standard InChI is InChI=1S/C17H24N4O4/c1-10(15-21-20-11(2)24-15)18-12-7-8-14(23-6)13(9-12)19-16(22)25-17(3,4)5/h7-10,18H,1-6H3,(H,19,22). The Bertz CT molecular complexity index is 736. The lowest BCUT2D eigenvalue weighted by atomic mass is 10.2. The molecule has 25 heavy (non-hydrogen) atoms. The van der Waals surface area contributed by atoms with Crippen molar-refractivity contribution in [1.29, 1.82) is 0 Å². The lowest BCUT2D eigenvalue weighted by molar-refractivity contribution is 0.0635. The summed E-state index contributed by atoms with van der Waals surface area (Å²) in [4.78, 5) is 12.0. The van der Waals surface area contributed by atoms with Crippen LogP contribution in [0.4, 0.5) is 16.2 Å². The topological polar surface area (TPSA) is 98.5 Å². The molecule has 0 spiro atoms. The van der Waals surface area contributed by atoms with Crippen LogP contribution in [-0.2, 0) is 4.74 Å². The summed E-state index contributed by atoms with van der Waals surface area (Å²) < 4.78 is 16.0. The molecule has 2 aromatic rings. The third kappa shape index (κ3) is 5.37. The molecular formula is C17H24N4O4. The predicted molar refractivity (Wildman–Crippen MR) is 93.9 cm³/mol. The Hall–Kier alpha value is -2.77. The minimum absolute atomic E-state index is 0.191. The van der Waals surface area contributed by atoms with Gasteiger partial charge >= 0.3 is 6.09 Å². The van der Waals surface area contributed by atoms with Crippen molar-refractivity contribution in [3.8, 4) is 5.75 Å². The first-order chi connectivity index (χ1) is 11.7. The Morgan fingerprint density at radius 1 is 1.28 bits per heavy atom. The minimum atomic E-state index is -0.586. The molecule has 2 rings (SSSR count). The molecule has 0 aliphatic carbocycles. The highest BCUT2D eigenvalue weighted by Crippen LogP contribution is 2.30. The zero-order valence-corrected chi connectivity index (χ0v) is 15.3. The molecule has 1 unspecified atom stereocenters. The maximum atomic E-state index is 12.0. The maximum Gasteiger partial charge on any atom is 0.412 e. The number of amides is 1. The number of ether oxygens (including phenoxy) is 2. The van der Waals surface area contributed by atoms with Crippen molar-refractivity contribution in [3.63, 3.8) is 0 Å². The Morgan fingerprint density at radius 3 is 2.56 bits per heavy atom. The summed E-state index contributed by atoms with van der Waals surface area (Å²) in [5, 5.41) is 13.7. The average molecular weight is 348 g/mol. The number of nitrogens with one attached hydrogen (secondary N) is 2. The van der Waals surface area contributed by atoms with Gasteiger partial charge in [0.25, 0.3) is 0 Å². The second-order valence-corrected chi connectivity index (χ2v) is 6.57. The molecule has 0 fully saturated rings. The molecule has 136 valence electrons. The highest BCUT2D eigenvalue weighted by Gasteiger charge is 2.18. The summed E-state index contributed by atoms with van der Waals surface area (Å²) >= 11 is 0. The number of carbonyl (C=O) groups excluding carboxylic acids is 1. The molecular weight excluding hydrogens is 324 g/mol. The van der Waals surface area contributed by atoms with Crippen LogP contribution >= 0.6 is 0 Å². The Labute approximate surface area is 146 Å². The number of anilines is 2. The van der Waals surface area contributed by atoms with E-state index >= 15 is 0 Å². The number of hydrogen-bond acceptors (Lipinski definition) is 7. The second kappa shape index (κ2) is 7.42.